The molecule has 25 heavy (non-hydrogen) atoms. The smallest absolute Gasteiger partial charge is 0.312 e. The molecule has 9 unspecified atom stereocenters. The Morgan fingerprint density at radius 2 is 1.96 bits per heavy atom. The highest BCUT2D eigenvalue weighted by Gasteiger charge is 2.69. The Labute approximate surface area is 148 Å². The number of carbonyl (C=O) groups excluding carboxylic acids is 1. The molecule has 3 saturated heterocycles. The second kappa shape index (κ2) is 4.97. The Kier molecular flexibility index (Phi) is 3.28. The number of carbonyl (C=O) groups is 1. The first kappa shape index (κ1) is 16.5. The van der Waals surface area contributed by atoms with E-state index in [0.29, 0.717) is 6.42 Å². The van der Waals surface area contributed by atoms with E-state index in [1.807, 2.05) is 0 Å². The molecule has 5 rings (SSSR count). The van der Waals surface area contributed by atoms with Crippen molar-refractivity contribution in [3.8, 4) is 0 Å². The summed E-state index contributed by atoms with van der Waals surface area (Å²) in [4.78, 5) is 12.3. The maximum Gasteiger partial charge on any atom is 0.312 e. The molecule has 5 aliphatic rings. The van der Waals surface area contributed by atoms with Crippen LogP contribution in [0.3, 0.4) is 0 Å². The van der Waals surface area contributed by atoms with E-state index in [-0.39, 0.29) is 35.4 Å². The van der Waals surface area contributed by atoms with Gasteiger partial charge in [-0.3, -0.25) is 4.79 Å². The Morgan fingerprint density at radius 3 is 2.68 bits per heavy atom. The summed E-state index contributed by atoms with van der Waals surface area (Å²) in [6, 6.07) is 0. The number of hydrogen-bond donors (Lipinski definition) is 1. The molecular weight excluding hydrogens is 324 g/mol. The van der Waals surface area contributed by atoms with Crippen LogP contribution in [0.5, 0.6) is 0 Å². The van der Waals surface area contributed by atoms with Crippen LogP contribution in [0.1, 0.15) is 59.3 Å². The fourth-order valence-corrected chi connectivity index (χ4v) is 6.12. The van der Waals surface area contributed by atoms with Crippen LogP contribution in [0.2, 0.25) is 0 Å². The molecule has 0 aromatic carbocycles. The third-order valence-corrected chi connectivity index (χ3v) is 7.27. The van der Waals surface area contributed by atoms with Crippen LogP contribution in [0.4, 0.5) is 0 Å². The topological polar surface area (TPSA) is 74.2 Å². The van der Waals surface area contributed by atoms with Crippen LogP contribution >= 0.6 is 0 Å². The molecule has 0 aromatic heterocycles. The summed E-state index contributed by atoms with van der Waals surface area (Å²) in [5.41, 5.74) is -0.673. The molecular formula is C19H28O6. The lowest BCUT2D eigenvalue weighted by atomic mass is 9.72. The third kappa shape index (κ3) is 2.27. The normalized spacial score (nSPS) is 57.6. The van der Waals surface area contributed by atoms with Gasteiger partial charge in [0.25, 0.3) is 0 Å². The Morgan fingerprint density at radius 1 is 1.16 bits per heavy atom. The van der Waals surface area contributed by atoms with Crippen molar-refractivity contribution in [1.82, 2.24) is 0 Å². The maximum atomic E-state index is 12.3. The Bertz CT molecular complexity index is 589. The van der Waals surface area contributed by atoms with E-state index in [1.165, 1.54) is 0 Å². The van der Waals surface area contributed by atoms with Crippen molar-refractivity contribution in [3.05, 3.63) is 0 Å². The highest BCUT2D eigenvalue weighted by molar-refractivity contribution is 5.76. The lowest BCUT2D eigenvalue weighted by Crippen LogP contribution is -2.49. The number of aliphatic hydroxyl groups is 1. The summed E-state index contributed by atoms with van der Waals surface area (Å²) in [5.74, 6) is -1.02. The van der Waals surface area contributed by atoms with E-state index in [9.17, 15) is 9.90 Å². The van der Waals surface area contributed by atoms with Crippen LogP contribution < -0.4 is 0 Å². The van der Waals surface area contributed by atoms with Gasteiger partial charge < -0.3 is 24.1 Å². The van der Waals surface area contributed by atoms with Crippen molar-refractivity contribution in [1.29, 1.82) is 0 Å². The summed E-state index contributed by atoms with van der Waals surface area (Å²) in [6.07, 6.45) is 3.18. The average Bonchev–Trinajstić information content (AvgIpc) is 3.16. The minimum absolute atomic E-state index is 0.0383. The highest BCUT2D eigenvalue weighted by atomic mass is 16.8. The molecule has 6 nitrogen and oxygen atoms in total. The molecule has 2 bridgehead atoms. The highest BCUT2D eigenvalue weighted by Crippen LogP contribution is 2.61. The van der Waals surface area contributed by atoms with E-state index < -0.39 is 23.8 Å². The van der Waals surface area contributed by atoms with Gasteiger partial charge in [-0.2, -0.15) is 0 Å². The quantitative estimate of drug-likeness (QED) is 0.768. The number of rotatable bonds is 2. The van der Waals surface area contributed by atoms with Crippen LogP contribution in [0, 0.1) is 17.3 Å². The summed E-state index contributed by atoms with van der Waals surface area (Å²) in [5, 5.41) is 10.9. The fourth-order valence-electron chi connectivity index (χ4n) is 6.12. The molecule has 1 N–H and O–H groups in total. The Balaban J connectivity index is 1.38. The lowest BCUT2D eigenvalue weighted by Gasteiger charge is -2.44. The number of fused-ring (bicyclic) bond motifs is 5. The van der Waals surface area contributed by atoms with Crippen LogP contribution in [0.15, 0.2) is 0 Å². The van der Waals surface area contributed by atoms with E-state index in [2.05, 4.69) is 20.8 Å². The predicted molar refractivity (Wildman–Crippen MR) is 86.3 cm³/mol. The molecule has 140 valence electrons. The van der Waals surface area contributed by atoms with Crippen LogP contribution in [0.25, 0.3) is 0 Å². The van der Waals surface area contributed by atoms with Crippen molar-refractivity contribution < 1.29 is 28.8 Å². The second-order valence-electron chi connectivity index (χ2n) is 9.46. The number of esters is 1. The predicted octanol–water partition coefficient (Wildman–Crippen LogP) is 2.13. The van der Waals surface area contributed by atoms with Gasteiger partial charge in [0.15, 0.2) is 24.3 Å². The van der Waals surface area contributed by atoms with Crippen molar-refractivity contribution in [2.24, 2.45) is 17.3 Å². The molecule has 9 atom stereocenters. The minimum Gasteiger partial charge on any atom is -0.456 e. The van der Waals surface area contributed by atoms with Gasteiger partial charge in [0.1, 0.15) is 6.10 Å². The summed E-state index contributed by atoms with van der Waals surface area (Å²) < 4.78 is 24.4. The van der Waals surface area contributed by atoms with E-state index in [0.717, 1.165) is 32.1 Å². The summed E-state index contributed by atoms with van der Waals surface area (Å²) in [7, 11) is 0. The summed E-state index contributed by atoms with van der Waals surface area (Å²) >= 11 is 0. The van der Waals surface area contributed by atoms with Gasteiger partial charge in [-0.15, -0.1) is 0 Å². The number of ether oxygens (including phenoxy) is 4. The molecule has 3 heterocycles. The molecule has 0 aromatic rings. The number of hydrogen-bond acceptors (Lipinski definition) is 6. The SMILES string of the molecule is CCC(C)C1C(=O)OC2C3OC4(CC5(C)CCC(O)(C5)C4)OC3OC21. The van der Waals surface area contributed by atoms with Gasteiger partial charge in [-0.25, -0.2) is 0 Å². The average molecular weight is 352 g/mol. The first-order chi connectivity index (χ1) is 11.8. The van der Waals surface area contributed by atoms with Gasteiger partial charge in [0.2, 0.25) is 0 Å². The third-order valence-electron chi connectivity index (χ3n) is 7.27. The van der Waals surface area contributed by atoms with E-state index >= 15 is 0 Å². The van der Waals surface area contributed by atoms with Crippen LogP contribution in [-0.4, -0.2) is 47.1 Å². The molecule has 6 heteroatoms. The van der Waals surface area contributed by atoms with Crippen LogP contribution in [-0.2, 0) is 23.7 Å². The largest absolute Gasteiger partial charge is 0.456 e. The maximum absolute atomic E-state index is 12.3. The van der Waals surface area contributed by atoms with Gasteiger partial charge >= 0.3 is 5.97 Å². The lowest BCUT2D eigenvalue weighted by molar-refractivity contribution is -0.275. The van der Waals surface area contributed by atoms with Crippen molar-refractivity contribution >= 4 is 5.97 Å². The zero-order chi connectivity index (χ0) is 17.6. The first-order valence-electron chi connectivity index (χ1n) is 9.70. The summed E-state index contributed by atoms with van der Waals surface area (Å²) in [6.45, 7) is 6.33. The minimum atomic E-state index is -0.806. The van der Waals surface area contributed by atoms with Gasteiger partial charge in [-0.1, -0.05) is 27.2 Å². The van der Waals surface area contributed by atoms with Gasteiger partial charge in [0.05, 0.1) is 11.5 Å². The monoisotopic (exact) mass is 352 g/mol. The molecule has 2 saturated carbocycles. The van der Waals surface area contributed by atoms with E-state index in [1.54, 1.807) is 0 Å². The van der Waals surface area contributed by atoms with Gasteiger partial charge in [0, 0.05) is 12.8 Å². The molecule has 3 aliphatic heterocycles. The Hall–Kier alpha value is -0.690. The molecule has 0 amide bonds. The molecule has 0 radical (unpaired) electrons. The second-order valence-corrected chi connectivity index (χ2v) is 9.46. The fraction of sp³-hybridized carbons (Fsp3) is 0.947. The zero-order valence-electron chi connectivity index (χ0n) is 15.2. The van der Waals surface area contributed by atoms with Crippen molar-refractivity contribution in [2.75, 3.05) is 0 Å². The van der Waals surface area contributed by atoms with Gasteiger partial charge in [-0.05, 0) is 30.6 Å². The standard InChI is InChI=1S/C19H28O6/c1-4-10(2)11-12-13(22-15(11)20)14-16(23-12)25-19(24-14)8-17(3)5-6-18(21,7-17)9-19/h10-14,16,21H,4-9H2,1-3H3. The first-order valence-corrected chi connectivity index (χ1v) is 9.70. The molecule has 1 spiro atoms. The zero-order valence-corrected chi connectivity index (χ0v) is 15.2. The van der Waals surface area contributed by atoms with Crippen molar-refractivity contribution in [3.63, 3.8) is 0 Å². The molecule has 5 fully saturated rings. The van der Waals surface area contributed by atoms with Crippen molar-refractivity contribution in [2.45, 2.75) is 95.3 Å². The van der Waals surface area contributed by atoms with E-state index in [4.69, 9.17) is 18.9 Å². The molecule has 2 aliphatic carbocycles.